The fourth-order valence-corrected chi connectivity index (χ4v) is 3.26. The molecular formula is C20H16F2S. The Morgan fingerprint density at radius 3 is 1.78 bits per heavy atom. The summed E-state index contributed by atoms with van der Waals surface area (Å²) in [5.74, 6) is 0. The predicted molar refractivity (Wildman–Crippen MR) is 92.8 cm³/mol. The van der Waals surface area contributed by atoms with Crippen molar-refractivity contribution < 1.29 is 8.78 Å². The lowest BCUT2D eigenvalue weighted by atomic mass is 10.0. The molecule has 0 bridgehead atoms. The minimum Gasteiger partial charge on any atom is -0.194 e. The molecule has 3 heteroatoms. The van der Waals surface area contributed by atoms with Crippen LogP contribution in [0.25, 0.3) is 11.1 Å². The Labute approximate surface area is 139 Å². The average Bonchev–Trinajstić information content (AvgIpc) is 2.56. The zero-order chi connectivity index (χ0) is 16.1. The first-order chi connectivity index (χ1) is 11.1. The molecule has 0 amide bonds. The average molecular weight is 325 g/mol. The summed E-state index contributed by atoms with van der Waals surface area (Å²) >= 11 is 0.608. The number of hydrogen-bond donors (Lipinski definition) is 0. The molecule has 23 heavy (non-hydrogen) atoms. The minimum atomic E-state index is -2.82. The van der Waals surface area contributed by atoms with E-state index in [1.807, 2.05) is 48.5 Å². The SMILES string of the molecule is FC([18F])(Cc1ccc(-c2ccccc2)cc1)Sc1ccccc1. The zero-order valence-electron chi connectivity index (χ0n) is 12.5. The first-order valence-electron chi connectivity index (χ1n) is 7.39. The molecule has 0 aliphatic carbocycles. The van der Waals surface area contributed by atoms with Crippen LogP contribution in [-0.2, 0) is 6.42 Å². The highest BCUT2D eigenvalue weighted by Crippen LogP contribution is 2.38. The molecule has 0 saturated carbocycles. The van der Waals surface area contributed by atoms with Gasteiger partial charge in [-0.1, -0.05) is 84.6 Å². The van der Waals surface area contributed by atoms with Crippen LogP contribution < -0.4 is 0 Å². The molecule has 3 aromatic rings. The third kappa shape index (κ3) is 4.42. The lowest BCUT2D eigenvalue weighted by Crippen LogP contribution is -2.14. The number of alkyl halides is 2. The van der Waals surface area contributed by atoms with Crippen molar-refractivity contribution in [1.29, 1.82) is 0 Å². The maximum atomic E-state index is 14.2. The van der Waals surface area contributed by atoms with Gasteiger partial charge in [0.2, 0.25) is 0 Å². The lowest BCUT2D eigenvalue weighted by molar-refractivity contribution is 0.106. The molecule has 0 aliphatic rings. The van der Waals surface area contributed by atoms with Gasteiger partial charge in [0, 0.05) is 11.3 Å². The second-order valence-corrected chi connectivity index (χ2v) is 6.56. The van der Waals surface area contributed by atoms with E-state index in [1.54, 1.807) is 36.4 Å². The molecule has 1 atom stereocenters. The highest BCUT2D eigenvalue weighted by Gasteiger charge is 2.30. The van der Waals surface area contributed by atoms with Crippen LogP contribution in [0.4, 0.5) is 8.78 Å². The molecule has 0 nitrogen and oxygen atoms in total. The molecular weight excluding hydrogens is 309 g/mol. The lowest BCUT2D eigenvalue weighted by Gasteiger charge is -2.16. The molecule has 0 heterocycles. The largest absolute Gasteiger partial charge is 0.302 e. The van der Waals surface area contributed by atoms with Crippen LogP contribution in [0.3, 0.4) is 0 Å². The smallest absolute Gasteiger partial charge is 0.194 e. The summed E-state index contributed by atoms with van der Waals surface area (Å²) in [6.45, 7) is 0. The van der Waals surface area contributed by atoms with Crippen LogP contribution >= 0.6 is 11.8 Å². The Balaban J connectivity index is 1.70. The summed E-state index contributed by atoms with van der Waals surface area (Å²) in [6, 6.07) is 26.0. The van der Waals surface area contributed by atoms with E-state index < -0.39 is 5.25 Å². The van der Waals surface area contributed by atoms with E-state index in [9.17, 15) is 8.78 Å². The summed E-state index contributed by atoms with van der Waals surface area (Å²) in [5.41, 5.74) is 2.76. The summed E-state index contributed by atoms with van der Waals surface area (Å²) in [6.07, 6.45) is -0.276. The number of halogens is 2. The Morgan fingerprint density at radius 1 is 0.652 bits per heavy atom. The standard InChI is InChI=1S/C20H16F2S/c21-20(22,23-19-9-5-2-6-10-19)15-16-11-13-18(14-12-16)17-7-3-1-4-8-17/h1-14H,15H2/i21-1. The maximum absolute atomic E-state index is 14.2. The first-order valence-corrected chi connectivity index (χ1v) is 8.20. The van der Waals surface area contributed by atoms with E-state index in [0.717, 1.165) is 11.1 Å². The molecule has 0 aliphatic heterocycles. The molecule has 116 valence electrons. The fourth-order valence-electron chi connectivity index (χ4n) is 2.38. The molecule has 0 N–H and O–H groups in total. The van der Waals surface area contributed by atoms with Crippen molar-refractivity contribution in [2.75, 3.05) is 0 Å². The summed E-state index contributed by atoms with van der Waals surface area (Å²) in [7, 11) is 0. The van der Waals surface area contributed by atoms with Gasteiger partial charge in [0.15, 0.2) is 0 Å². The van der Waals surface area contributed by atoms with Gasteiger partial charge in [0.1, 0.15) is 0 Å². The van der Waals surface area contributed by atoms with Gasteiger partial charge in [-0.3, -0.25) is 0 Å². The highest BCUT2D eigenvalue weighted by atomic mass is 32.2. The van der Waals surface area contributed by atoms with Gasteiger partial charge in [0.05, 0.1) is 0 Å². The topological polar surface area (TPSA) is 0 Å². The van der Waals surface area contributed by atoms with E-state index in [0.29, 0.717) is 22.2 Å². The molecule has 0 radical (unpaired) electrons. The van der Waals surface area contributed by atoms with Crippen molar-refractivity contribution in [3.05, 3.63) is 90.5 Å². The fraction of sp³-hybridized carbons (Fsp3) is 0.100. The second-order valence-electron chi connectivity index (χ2n) is 5.29. The normalized spacial score (nSPS) is 13.5. The van der Waals surface area contributed by atoms with E-state index in [2.05, 4.69) is 0 Å². The Kier molecular flexibility index (Phi) is 4.77. The van der Waals surface area contributed by atoms with E-state index >= 15 is 0 Å². The minimum absolute atomic E-state index is 0.276. The Bertz CT molecular complexity index is 738. The zero-order valence-corrected chi connectivity index (χ0v) is 13.3. The van der Waals surface area contributed by atoms with Crippen LogP contribution in [0, 0.1) is 0 Å². The van der Waals surface area contributed by atoms with E-state index in [1.165, 1.54) is 0 Å². The molecule has 3 aromatic carbocycles. The summed E-state index contributed by atoms with van der Waals surface area (Å²) in [4.78, 5) is 0.582. The first kappa shape index (κ1) is 15.8. The van der Waals surface area contributed by atoms with Gasteiger partial charge in [-0.05, 0) is 28.8 Å². The van der Waals surface area contributed by atoms with Gasteiger partial charge in [-0.25, -0.2) is 0 Å². The van der Waals surface area contributed by atoms with Crippen molar-refractivity contribution in [3.63, 3.8) is 0 Å². The number of rotatable bonds is 5. The summed E-state index contributed by atoms with van der Waals surface area (Å²) in [5, 5.41) is -2.82. The van der Waals surface area contributed by atoms with Gasteiger partial charge >= 0.3 is 5.25 Å². The number of thioether (sulfide) groups is 1. The van der Waals surface area contributed by atoms with Crippen LogP contribution in [-0.4, -0.2) is 5.25 Å². The van der Waals surface area contributed by atoms with Crippen LogP contribution in [0.5, 0.6) is 0 Å². The van der Waals surface area contributed by atoms with Crippen LogP contribution in [0.15, 0.2) is 89.8 Å². The Morgan fingerprint density at radius 2 is 1.17 bits per heavy atom. The second kappa shape index (κ2) is 6.97. The Hall–Kier alpha value is -2.13. The molecule has 3 rings (SSSR count). The number of benzene rings is 3. The number of hydrogen-bond acceptors (Lipinski definition) is 1. The van der Waals surface area contributed by atoms with Crippen molar-refractivity contribution in [2.24, 2.45) is 0 Å². The quantitative estimate of drug-likeness (QED) is 0.497. The molecule has 0 fully saturated rings. The molecule has 0 saturated heterocycles. The van der Waals surface area contributed by atoms with Gasteiger partial charge in [0.25, 0.3) is 0 Å². The van der Waals surface area contributed by atoms with Crippen molar-refractivity contribution >= 4 is 11.8 Å². The van der Waals surface area contributed by atoms with Gasteiger partial charge in [-0.15, -0.1) is 0 Å². The van der Waals surface area contributed by atoms with Crippen molar-refractivity contribution in [1.82, 2.24) is 0 Å². The maximum Gasteiger partial charge on any atom is 0.302 e. The predicted octanol–water partition coefficient (Wildman–Crippen LogP) is 6.28. The van der Waals surface area contributed by atoms with Crippen LogP contribution in [0.1, 0.15) is 5.56 Å². The van der Waals surface area contributed by atoms with Gasteiger partial charge < -0.3 is 0 Å². The van der Waals surface area contributed by atoms with E-state index in [-0.39, 0.29) is 6.42 Å². The molecule has 0 spiro atoms. The highest BCUT2D eigenvalue weighted by molar-refractivity contribution is 8.00. The summed E-state index contributed by atoms with van der Waals surface area (Å²) < 4.78 is 28.4. The third-order valence-electron chi connectivity index (χ3n) is 3.48. The van der Waals surface area contributed by atoms with E-state index in [4.69, 9.17) is 0 Å². The monoisotopic (exact) mass is 325 g/mol. The molecule has 0 aromatic heterocycles. The van der Waals surface area contributed by atoms with Crippen molar-refractivity contribution in [3.8, 4) is 11.1 Å². The van der Waals surface area contributed by atoms with Crippen molar-refractivity contribution in [2.45, 2.75) is 16.6 Å². The van der Waals surface area contributed by atoms with Crippen LogP contribution in [0.2, 0.25) is 0 Å². The van der Waals surface area contributed by atoms with Gasteiger partial charge in [-0.2, -0.15) is 8.78 Å². The third-order valence-corrected chi connectivity index (χ3v) is 4.43. The molecule has 1 unspecified atom stereocenters.